The maximum absolute atomic E-state index is 3.71. The van der Waals surface area contributed by atoms with E-state index >= 15 is 0 Å². The summed E-state index contributed by atoms with van der Waals surface area (Å²) in [6, 6.07) is 6.69. The number of benzene rings is 1. The summed E-state index contributed by atoms with van der Waals surface area (Å²) in [5, 5.41) is 3.71. The van der Waals surface area contributed by atoms with E-state index in [1.807, 2.05) is 0 Å². The van der Waals surface area contributed by atoms with E-state index in [1.54, 1.807) is 0 Å². The van der Waals surface area contributed by atoms with Crippen LogP contribution in [0.1, 0.15) is 39.2 Å². The summed E-state index contributed by atoms with van der Waals surface area (Å²) < 4.78 is 1.18. The van der Waals surface area contributed by atoms with Crippen LogP contribution in [0.25, 0.3) is 0 Å². The van der Waals surface area contributed by atoms with Gasteiger partial charge in [-0.1, -0.05) is 29.8 Å². The lowest BCUT2D eigenvalue weighted by atomic mass is 9.98. The zero-order valence-electron chi connectivity index (χ0n) is 12.3. The molecule has 1 N–H and O–H groups in total. The smallest absolute Gasteiger partial charge is 0.0400 e. The van der Waals surface area contributed by atoms with E-state index in [1.165, 1.54) is 28.6 Å². The summed E-state index contributed by atoms with van der Waals surface area (Å²) in [5.74, 6) is 0. The molecule has 19 heavy (non-hydrogen) atoms. The Morgan fingerprint density at radius 3 is 2.84 bits per heavy atom. The van der Waals surface area contributed by atoms with Gasteiger partial charge in [0.2, 0.25) is 0 Å². The van der Waals surface area contributed by atoms with Crippen LogP contribution in [0.4, 0.5) is 5.69 Å². The molecule has 3 heteroatoms. The molecule has 1 atom stereocenters. The van der Waals surface area contributed by atoms with Crippen molar-refractivity contribution in [1.29, 1.82) is 0 Å². The van der Waals surface area contributed by atoms with Crippen molar-refractivity contribution in [2.75, 3.05) is 24.5 Å². The van der Waals surface area contributed by atoms with Gasteiger partial charge >= 0.3 is 0 Å². The molecule has 0 aromatic heterocycles. The Bertz CT molecular complexity index is 433. The van der Waals surface area contributed by atoms with Gasteiger partial charge < -0.3 is 10.2 Å². The first-order valence-electron chi connectivity index (χ1n) is 7.36. The van der Waals surface area contributed by atoms with Gasteiger partial charge in [-0.2, -0.15) is 0 Å². The van der Waals surface area contributed by atoms with E-state index < -0.39 is 0 Å². The van der Waals surface area contributed by atoms with Crippen LogP contribution in [0.2, 0.25) is 0 Å². The number of nitrogens with zero attached hydrogens (tertiary/aromatic N) is 1. The molecule has 106 valence electrons. The van der Waals surface area contributed by atoms with Crippen LogP contribution in [0.5, 0.6) is 0 Å². The normalized spacial score (nSPS) is 24.3. The monoisotopic (exact) mass is 324 g/mol. The third-order valence-corrected chi connectivity index (χ3v) is 4.73. The summed E-state index contributed by atoms with van der Waals surface area (Å²) in [4.78, 5) is 2.56. The highest BCUT2D eigenvalue weighted by Crippen LogP contribution is 2.28. The molecule has 1 aromatic carbocycles. The van der Waals surface area contributed by atoms with Crippen LogP contribution in [0.3, 0.4) is 0 Å². The SMILES string of the molecule is CCc1cc(Br)ccc1N1CCCNC(C)(CC)C1. The largest absolute Gasteiger partial charge is 0.369 e. The lowest BCUT2D eigenvalue weighted by Crippen LogP contribution is -2.48. The van der Waals surface area contributed by atoms with Crippen LogP contribution < -0.4 is 10.2 Å². The van der Waals surface area contributed by atoms with Gasteiger partial charge in [0.05, 0.1) is 0 Å². The van der Waals surface area contributed by atoms with Gasteiger partial charge in [-0.25, -0.2) is 0 Å². The van der Waals surface area contributed by atoms with Crippen LogP contribution in [0.15, 0.2) is 22.7 Å². The standard InChI is InChI=1S/C16H25BrN2/c1-4-13-11-14(17)7-8-15(13)19-10-6-9-18-16(3,5-2)12-19/h7-8,11,18H,4-6,9-10,12H2,1-3H3. The first-order valence-corrected chi connectivity index (χ1v) is 8.15. The molecule has 0 bridgehead atoms. The highest BCUT2D eigenvalue weighted by Gasteiger charge is 2.27. The summed E-state index contributed by atoms with van der Waals surface area (Å²) in [6.07, 6.45) is 3.47. The minimum absolute atomic E-state index is 0.231. The molecule has 1 unspecified atom stereocenters. The minimum Gasteiger partial charge on any atom is -0.369 e. The van der Waals surface area contributed by atoms with Crippen LogP contribution in [-0.4, -0.2) is 25.2 Å². The van der Waals surface area contributed by atoms with E-state index in [0.717, 1.165) is 26.1 Å². The van der Waals surface area contributed by atoms with Crippen LogP contribution >= 0.6 is 15.9 Å². The molecule has 1 heterocycles. The molecule has 0 amide bonds. The van der Waals surface area contributed by atoms with E-state index in [2.05, 4.69) is 65.1 Å². The number of hydrogen-bond donors (Lipinski definition) is 1. The van der Waals surface area contributed by atoms with Gasteiger partial charge in [0.25, 0.3) is 0 Å². The topological polar surface area (TPSA) is 15.3 Å². The van der Waals surface area contributed by atoms with Gasteiger partial charge in [0.15, 0.2) is 0 Å². The average molecular weight is 325 g/mol. The van der Waals surface area contributed by atoms with Crippen molar-refractivity contribution in [3.05, 3.63) is 28.2 Å². The quantitative estimate of drug-likeness (QED) is 0.904. The van der Waals surface area contributed by atoms with E-state index in [-0.39, 0.29) is 5.54 Å². The van der Waals surface area contributed by atoms with Crippen molar-refractivity contribution < 1.29 is 0 Å². The Morgan fingerprint density at radius 2 is 2.16 bits per heavy atom. The Morgan fingerprint density at radius 1 is 1.37 bits per heavy atom. The fraction of sp³-hybridized carbons (Fsp3) is 0.625. The highest BCUT2D eigenvalue weighted by atomic mass is 79.9. The van der Waals surface area contributed by atoms with E-state index in [0.29, 0.717) is 0 Å². The zero-order chi connectivity index (χ0) is 13.9. The summed E-state index contributed by atoms with van der Waals surface area (Å²) >= 11 is 3.58. The average Bonchev–Trinajstić information content (AvgIpc) is 2.61. The fourth-order valence-electron chi connectivity index (χ4n) is 2.80. The third-order valence-electron chi connectivity index (χ3n) is 4.24. The Labute approximate surface area is 125 Å². The number of hydrogen-bond acceptors (Lipinski definition) is 2. The molecule has 1 aliphatic heterocycles. The van der Waals surface area contributed by atoms with Crippen molar-refractivity contribution in [2.24, 2.45) is 0 Å². The molecule has 2 rings (SSSR count). The number of aryl methyl sites for hydroxylation is 1. The van der Waals surface area contributed by atoms with Gasteiger partial charge in [-0.05, 0) is 56.5 Å². The first kappa shape index (κ1) is 14.9. The minimum atomic E-state index is 0.231. The number of rotatable bonds is 3. The van der Waals surface area contributed by atoms with Gasteiger partial charge in [0, 0.05) is 28.8 Å². The second-order valence-corrected chi connectivity index (χ2v) is 6.66. The lowest BCUT2D eigenvalue weighted by molar-refractivity contribution is 0.366. The van der Waals surface area contributed by atoms with Crippen LogP contribution in [-0.2, 0) is 6.42 Å². The number of halogens is 1. The molecule has 0 radical (unpaired) electrons. The second-order valence-electron chi connectivity index (χ2n) is 5.74. The number of anilines is 1. The molecular formula is C16H25BrN2. The van der Waals surface area contributed by atoms with Crippen molar-refractivity contribution in [3.63, 3.8) is 0 Å². The van der Waals surface area contributed by atoms with Gasteiger partial charge in [-0.15, -0.1) is 0 Å². The molecule has 1 fully saturated rings. The lowest BCUT2D eigenvalue weighted by Gasteiger charge is -2.34. The molecule has 0 saturated carbocycles. The summed E-state index contributed by atoms with van der Waals surface area (Å²) in [6.45, 7) is 10.2. The maximum Gasteiger partial charge on any atom is 0.0400 e. The molecule has 1 aliphatic rings. The Balaban J connectivity index is 2.29. The predicted octanol–water partition coefficient (Wildman–Crippen LogP) is 3.98. The molecule has 1 saturated heterocycles. The fourth-order valence-corrected chi connectivity index (χ4v) is 3.21. The van der Waals surface area contributed by atoms with Crippen LogP contribution in [0, 0.1) is 0 Å². The van der Waals surface area contributed by atoms with Gasteiger partial charge in [0.1, 0.15) is 0 Å². The van der Waals surface area contributed by atoms with Crippen molar-refractivity contribution in [2.45, 2.75) is 45.6 Å². The first-order chi connectivity index (χ1) is 9.08. The van der Waals surface area contributed by atoms with Crippen molar-refractivity contribution in [3.8, 4) is 0 Å². The van der Waals surface area contributed by atoms with Crippen molar-refractivity contribution in [1.82, 2.24) is 5.32 Å². The van der Waals surface area contributed by atoms with Crippen molar-refractivity contribution >= 4 is 21.6 Å². The summed E-state index contributed by atoms with van der Waals surface area (Å²) in [7, 11) is 0. The molecule has 2 nitrogen and oxygen atoms in total. The Kier molecular flexibility index (Phi) is 4.91. The van der Waals surface area contributed by atoms with Gasteiger partial charge in [-0.3, -0.25) is 0 Å². The molecule has 0 aliphatic carbocycles. The third kappa shape index (κ3) is 3.51. The molecule has 0 spiro atoms. The molecular weight excluding hydrogens is 300 g/mol. The Hall–Kier alpha value is -0.540. The summed E-state index contributed by atoms with van der Waals surface area (Å²) in [5.41, 5.74) is 3.08. The van der Waals surface area contributed by atoms with E-state index in [4.69, 9.17) is 0 Å². The maximum atomic E-state index is 3.71. The zero-order valence-corrected chi connectivity index (χ0v) is 13.9. The predicted molar refractivity (Wildman–Crippen MR) is 87.0 cm³/mol. The number of nitrogens with one attached hydrogen (secondary N) is 1. The van der Waals surface area contributed by atoms with E-state index in [9.17, 15) is 0 Å². The second kappa shape index (κ2) is 6.27. The highest BCUT2D eigenvalue weighted by molar-refractivity contribution is 9.10. The molecule has 1 aromatic rings.